The molecule has 0 aliphatic rings. The number of amides is 1. The molecule has 1 heterocycles. The molecule has 0 aliphatic carbocycles. The Bertz CT molecular complexity index is 653. The third-order valence-electron chi connectivity index (χ3n) is 2.69. The van der Waals surface area contributed by atoms with Crippen LogP contribution in [0.15, 0.2) is 41.8 Å². The highest BCUT2D eigenvalue weighted by Gasteiger charge is 2.10. The standard InChI is InChI=1S/C16H13NO2S/c1-2-12-5-3-6-13(11-12)17-16(19)9-8-14(18)15-7-4-10-20-15/h1,3-7,10-11H,8-9H2,(H,17,19). The van der Waals surface area contributed by atoms with E-state index in [9.17, 15) is 9.59 Å². The van der Waals surface area contributed by atoms with E-state index < -0.39 is 0 Å². The van der Waals surface area contributed by atoms with Crippen LogP contribution in [-0.2, 0) is 4.79 Å². The summed E-state index contributed by atoms with van der Waals surface area (Å²) >= 11 is 1.39. The minimum absolute atomic E-state index is 0.00692. The summed E-state index contributed by atoms with van der Waals surface area (Å²) in [5.41, 5.74) is 1.35. The number of thiophene rings is 1. The average molecular weight is 283 g/mol. The molecule has 0 bridgehead atoms. The van der Waals surface area contributed by atoms with Crippen LogP contribution in [0.3, 0.4) is 0 Å². The van der Waals surface area contributed by atoms with Crippen LogP contribution in [-0.4, -0.2) is 11.7 Å². The summed E-state index contributed by atoms with van der Waals surface area (Å²) in [6.07, 6.45) is 5.67. The molecule has 0 saturated carbocycles. The van der Waals surface area contributed by atoms with Crippen LogP contribution in [0, 0.1) is 12.3 Å². The Kier molecular flexibility index (Phi) is 4.70. The van der Waals surface area contributed by atoms with Gasteiger partial charge in [-0.15, -0.1) is 17.8 Å². The fraction of sp³-hybridized carbons (Fsp3) is 0.125. The Morgan fingerprint density at radius 2 is 2.05 bits per heavy atom. The maximum atomic E-state index is 11.8. The first kappa shape index (κ1) is 14.0. The zero-order valence-electron chi connectivity index (χ0n) is 10.8. The van der Waals surface area contributed by atoms with Crippen molar-refractivity contribution >= 4 is 28.7 Å². The van der Waals surface area contributed by atoms with E-state index in [2.05, 4.69) is 11.2 Å². The van der Waals surface area contributed by atoms with Crippen molar-refractivity contribution in [2.24, 2.45) is 0 Å². The second kappa shape index (κ2) is 6.69. The third kappa shape index (κ3) is 3.81. The summed E-state index contributed by atoms with van der Waals surface area (Å²) in [5, 5.41) is 4.58. The molecule has 0 aliphatic heterocycles. The molecule has 3 nitrogen and oxygen atoms in total. The summed E-state index contributed by atoms with van der Waals surface area (Å²) in [7, 11) is 0. The highest BCUT2D eigenvalue weighted by atomic mass is 32.1. The molecule has 0 spiro atoms. The number of terminal acetylenes is 1. The van der Waals surface area contributed by atoms with Gasteiger partial charge in [0.15, 0.2) is 5.78 Å². The van der Waals surface area contributed by atoms with Gasteiger partial charge in [-0.3, -0.25) is 9.59 Å². The Hall–Kier alpha value is -2.38. The predicted octanol–water partition coefficient (Wildman–Crippen LogP) is 3.33. The SMILES string of the molecule is C#Cc1cccc(NC(=O)CCC(=O)c2cccs2)c1. The van der Waals surface area contributed by atoms with E-state index in [0.717, 1.165) is 0 Å². The Labute approximate surface area is 121 Å². The molecule has 1 aromatic heterocycles. The molecule has 0 radical (unpaired) electrons. The molecule has 2 rings (SSSR count). The van der Waals surface area contributed by atoms with Crippen LogP contribution in [0.1, 0.15) is 28.1 Å². The van der Waals surface area contributed by atoms with Gasteiger partial charge in [0.2, 0.25) is 5.91 Å². The maximum absolute atomic E-state index is 11.8. The lowest BCUT2D eigenvalue weighted by Crippen LogP contribution is -2.13. The van der Waals surface area contributed by atoms with E-state index in [4.69, 9.17) is 6.42 Å². The molecular formula is C16H13NO2S. The van der Waals surface area contributed by atoms with Gasteiger partial charge >= 0.3 is 0 Å². The molecular weight excluding hydrogens is 270 g/mol. The fourth-order valence-corrected chi connectivity index (χ4v) is 2.39. The second-order valence-electron chi connectivity index (χ2n) is 4.17. The smallest absolute Gasteiger partial charge is 0.224 e. The number of rotatable bonds is 5. The van der Waals surface area contributed by atoms with Gasteiger partial charge in [-0.25, -0.2) is 0 Å². The second-order valence-corrected chi connectivity index (χ2v) is 5.12. The topological polar surface area (TPSA) is 46.2 Å². The van der Waals surface area contributed by atoms with E-state index in [0.29, 0.717) is 16.1 Å². The van der Waals surface area contributed by atoms with Gasteiger partial charge in [-0.2, -0.15) is 0 Å². The van der Waals surface area contributed by atoms with E-state index in [-0.39, 0.29) is 24.5 Å². The minimum Gasteiger partial charge on any atom is -0.326 e. The largest absolute Gasteiger partial charge is 0.326 e. The maximum Gasteiger partial charge on any atom is 0.224 e. The van der Waals surface area contributed by atoms with Gasteiger partial charge in [0.25, 0.3) is 0 Å². The van der Waals surface area contributed by atoms with E-state index in [1.165, 1.54) is 11.3 Å². The van der Waals surface area contributed by atoms with Crippen LogP contribution in [0.4, 0.5) is 5.69 Å². The number of anilines is 1. The number of carbonyl (C=O) groups is 2. The lowest BCUT2D eigenvalue weighted by atomic mass is 10.1. The number of benzene rings is 1. The summed E-state index contributed by atoms with van der Waals surface area (Å²) in [6, 6.07) is 10.6. The number of Topliss-reactive ketones (excluding diaryl/α,β-unsaturated/α-hetero) is 1. The minimum atomic E-state index is -0.191. The first-order valence-electron chi connectivity index (χ1n) is 6.12. The molecule has 1 amide bonds. The van der Waals surface area contributed by atoms with Gasteiger partial charge in [-0.05, 0) is 29.6 Å². The molecule has 20 heavy (non-hydrogen) atoms. The third-order valence-corrected chi connectivity index (χ3v) is 3.60. The molecule has 0 unspecified atom stereocenters. The summed E-state index contributed by atoms with van der Waals surface area (Å²) < 4.78 is 0. The lowest BCUT2D eigenvalue weighted by Gasteiger charge is -2.05. The van der Waals surface area contributed by atoms with Crippen LogP contribution in [0.5, 0.6) is 0 Å². The molecule has 100 valence electrons. The molecule has 0 saturated heterocycles. The Morgan fingerprint density at radius 1 is 1.20 bits per heavy atom. The lowest BCUT2D eigenvalue weighted by molar-refractivity contribution is -0.116. The van der Waals surface area contributed by atoms with Crippen LogP contribution >= 0.6 is 11.3 Å². The predicted molar refractivity (Wildman–Crippen MR) is 80.9 cm³/mol. The number of carbonyl (C=O) groups excluding carboxylic acids is 2. The highest BCUT2D eigenvalue weighted by Crippen LogP contribution is 2.14. The first-order valence-corrected chi connectivity index (χ1v) is 7.00. The molecule has 1 aromatic carbocycles. The Morgan fingerprint density at radius 3 is 2.75 bits per heavy atom. The van der Waals surface area contributed by atoms with Crippen LogP contribution < -0.4 is 5.32 Å². The van der Waals surface area contributed by atoms with Crippen molar-refractivity contribution in [1.29, 1.82) is 0 Å². The average Bonchev–Trinajstić information content (AvgIpc) is 2.99. The quantitative estimate of drug-likeness (QED) is 0.676. The van der Waals surface area contributed by atoms with E-state index in [1.54, 1.807) is 30.3 Å². The highest BCUT2D eigenvalue weighted by molar-refractivity contribution is 7.12. The Balaban J connectivity index is 1.86. The van der Waals surface area contributed by atoms with Gasteiger partial charge in [-0.1, -0.05) is 18.1 Å². The van der Waals surface area contributed by atoms with Crippen molar-refractivity contribution < 1.29 is 9.59 Å². The molecule has 0 atom stereocenters. The van der Waals surface area contributed by atoms with Gasteiger partial charge in [0.1, 0.15) is 0 Å². The van der Waals surface area contributed by atoms with Crippen molar-refractivity contribution in [3.05, 3.63) is 52.2 Å². The van der Waals surface area contributed by atoms with Crippen molar-refractivity contribution in [2.45, 2.75) is 12.8 Å². The molecule has 2 aromatic rings. The number of ketones is 1. The van der Waals surface area contributed by atoms with Gasteiger partial charge in [0, 0.05) is 24.1 Å². The number of nitrogens with one attached hydrogen (secondary N) is 1. The van der Waals surface area contributed by atoms with E-state index in [1.807, 2.05) is 11.4 Å². The molecule has 0 fully saturated rings. The summed E-state index contributed by atoms with van der Waals surface area (Å²) in [4.78, 5) is 24.2. The van der Waals surface area contributed by atoms with E-state index >= 15 is 0 Å². The van der Waals surface area contributed by atoms with Crippen molar-refractivity contribution in [3.8, 4) is 12.3 Å². The first-order chi connectivity index (χ1) is 9.69. The van der Waals surface area contributed by atoms with Crippen molar-refractivity contribution in [1.82, 2.24) is 0 Å². The normalized spacial score (nSPS) is 9.75. The molecule has 4 heteroatoms. The van der Waals surface area contributed by atoms with Gasteiger partial charge < -0.3 is 5.32 Å². The zero-order chi connectivity index (χ0) is 14.4. The summed E-state index contributed by atoms with van der Waals surface area (Å²) in [5.74, 6) is 2.31. The van der Waals surface area contributed by atoms with Gasteiger partial charge in [0.05, 0.1) is 4.88 Å². The monoisotopic (exact) mass is 283 g/mol. The number of hydrogen-bond acceptors (Lipinski definition) is 3. The van der Waals surface area contributed by atoms with Crippen molar-refractivity contribution in [3.63, 3.8) is 0 Å². The van der Waals surface area contributed by atoms with Crippen LogP contribution in [0.2, 0.25) is 0 Å². The fourth-order valence-electron chi connectivity index (χ4n) is 1.70. The van der Waals surface area contributed by atoms with Crippen LogP contribution in [0.25, 0.3) is 0 Å². The summed E-state index contributed by atoms with van der Waals surface area (Å²) in [6.45, 7) is 0. The zero-order valence-corrected chi connectivity index (χ0v) is 11.6. The van der Waals surface area contributed by atoms with Crippen molar-refractivity contribution in [2.75, 3.05) is 5.32 Å². The molecule has 1 N–H and O–H groups in total. The number of hydrogen-bond donors (Lipinski definition) is 1.